The minimum absolute atomic E-state index is 0.168. The molecule has 0 radical (unpaired) electrons. The van der Waals surface area contributed by atoms with E-state index in [-0.39, 0.29) is 12.2 Å². The van der Waals surface area contributed by atoms with Crippen molar-refractivity contribution in [3.05, 3.63) is 46.1 Å². The summed E-state index contributed by atoms with van der Waals surface area (Å²) in [4.78, 5) is 18.8. The van der Waals surface area contributed by atoms with Gasteiger partial charge in [-0.3, -0.25) is 4.79 Å². The predicted molar refractivity (Wildman–Crippen MR) is 71.2 cm³/mol. The Morgan fingerprint density at radius 2 is 2.11 bits per heavy atom. The number of carbonyl (C=O) groups is 1. The summed E-state index contributed by atoms with van der Waals surface area (Å²) >= 11 is 3.27. The van der Waals surface area contributed by atoms with Crippen molar-refractivity contribution in [1.29, 1.82) is 0 Å². The van der Waals surface area contributed by atoms with Gasteiger partial charge < -0.3 is 5.11 Å². The maximum atomic E-state index is 13.8. The van der Waals surface area contributed by atoms with Gasteiger partial charge in [-0.05, 0) is 31.2 Å². The molecule has 0 fully saturated rings. The van der Waals surface area contributed by atoms with Gasteiger partial charge in [0.05, 0.1) is 5.69 Å². The summed E-state index contributed by atoms with van der Waals surface area (Å²) in [6.45, 7) is 1.71. The number of aryl methyl sites for hydroxylation is 1. The van der Waals surface area contributed by atoms with Crippen LogP contribution < -0.4 is 0 Å². The second-order valence-electron chi connectivity index (χ2n) is 4.01. The second-order valence-corrected chi connectivity index (χ2v) is 4.92. The molecule has 0 bridgehead atoms. The van der Waals surface area contributed by atoms with Crippen LogP contribution in [0.1, 0.15) is 11.5 Å². The van der Waals surface area contributed by atoms with Crippen LogP contribution in [0.3, 0.4) is 0 Å². The van der Waals surface area contributed by atoms with Gasteiger partial charge in [-0.15, -0.1) is 0 Å². The van der Waals surface area contributed by atoms with E-state index < -0.39 is 11.8 Å². The van der Waals surface area contributed by atoms with E-state index in [1.165, 1.54) is 6.07 Å². The first-order valence-electron chi connectivity index (χ1n) is 5.47. The molecule has 19 heavy (non-hydrogen) atoms. The number of hydrogen-bond acceptors (Lipinski definition) is 3. The van der Waals surface area contributed by atoms with Gasteiger partial charge in [0.1, 0.15) is 18.1 Å². The third-order valence-corrected chi connectivity index (χ3v) is 2.91. The minimum atomic E-state index is -1.02. The number of carboxylic acids is 1. The molecule has 0 saturated carbocycles. The average Bonchev–Trinajstić information content (AvgIpc) is 2.30. The molecule has 0 spiro atoms. The molecule has 2 aromatic rings. The topological polar surface area (TPSA) is 63.1 Å². The van der Waals surface area contributed by atoms with Crippen LogP contribution in [0.4, 0.5) is 4.39 Å². The van der Waals surface area contributed by atoms with Crippen LogP contribution in [-0.2, 0) is 11.2 Å². The van der Waals surface area contributed by atoms with E-state index in [1.54, 1.807) is 25.1 Å². The maximum absolute atomic E-state index is 13.8. The van der Waals surface area contributed by atoms with Crippen LogP contribution in [0.25, 0.3) is 11.3 Å². The maximum Gasteiger partial charge on any atom is 0.311 e. The smallest absolute Gasteiger partial charge is 0.311 e. The molecule has 0 unspecified atom stereocenters. The Hall–Kier alpha value is -1.82. The molecule has 4 nitrogen and oxygen atoms in total. The van der Waals surface area contributed by atoms with Crippen molar-refractivity contribution in [2.24, 2.45) is 0 Å². The summed E-state index contributed by atoms with van der Waals surface area (Å²) in [5.41, 5.74) is 1.29. The molecular formula is C13H10BrFN2O2. The van der Waals surface area contributed by atoms with Crippen LogP contribution in [0.2, 0.25) is 0 Å². The lowest BCUT2D eigenvalue weighted by molar-refractivity contribution is -0.136. The van der Waals surface area contributed by atoms with E-state index in [1.807, 2.05) is 0 Å². The van der Waals surface area contributed by atoms with Crippen molar-refractivity contribution >= 4 is 21.9 Å². The summed E-state index contributed by atoms with van der Waals surface area (Å²) in [6, 6.07) is 6.14. The lowest BCUT2D eigenvalue weighted by Gasteiger charge is -2.06. The highest BCUT2D eigenvalue weighted by Gasteiger charge is 2.11. The highest BCUT2D eigenvalue weighted by atomic mass is 79.9. The van der Waals surface area contributed by atoms with E-state index in [2.05, 4.69) is 25.9 Å². The Kier molecular flexibility index (Phi) is 3.90. The molecule has 98 valence electrons. The van der Waals surface area contributed by atoms with E-state index in [0.29, 0.717) is 17.0 Å². The van der Waals surface area contributed by atoms with E-state index in [9.17, 15) is 9.18 Å². The standard InChI is InChI=1S/C13H10BrFN2O2/c1-7-4-11(17-12(16-7)6-13(18)19)9-5-8(14)2-3-10(9)15/h2-5H,6H2,1H3,(H,18,19). The Balaban J connectivity index is 2.52. The van der Waals surface area contributed by atoms with Crippen LogP contribution in [-0.4, -0.2) is 21.0 Å². The molecular weight excluding hydrogens is 315 g/mol. The normalized spacial score (nSPS) is 10.5. The van der Waals surface area contributed by atoms with Crippen molar-refractivity contribution in [3.63, 3.8) is 0 Å². The lowest BCUT2D eigenvalue weighted by Crippen LogP contribution is -2.07. The number of carboxylic acid groups (broad SMARTS) is 1. The molecule has 2 rings (SSSR count). The fourth-order valence-corrected chi connectivity index (χ4v) is 2.04. The zero-order chi connectivity index (χ0) is 14.0. The lowest BCUT2D eigenvalue weighted by atomic mass is 10.1. The monoisotopic (exact) mass is 324 g/mol. The van der Waals surface area contributed by atoms with Gasteiger partial charge in [0.2, 0.25) is 0 Å². The van der Waals surface area contributed by atoms with Crippen molar-refractivity contribution in [2.75, 3.05) is 0 Å². The SMILES string of the molecule is Cc1cc(-c2cc(Br)ccc2F)nc(CC(=O)O)n1. The van der Waals surface area contributed by atoms with Crippen molar-refractivity contribution in [1.82, 2.24) is 9.97 Å². The summed E-state index contributed by atoms with van der Waals surface area (Å²) in [6.07, 6.45) is -0.287. The molecule has 0 saturated heterocycles. The molecule has 0 amide bonds. The van der Waals surface area contributed by atoms with Crippen molar-refractivity contribution in [2.45, 2.75) is 13.3 Å². The number of nitrogens with zero attached hydrogens (tertiary/aromatic N) is 2. The Bertz CT molecular complexity index is 647. The number of rotatable bonds is 3. The Morgan fingerprint density at radius 3 is 2.79 bits per heavy atom. The highest BCUT2D eigenvalue weighted by Crippen LogP contribution is 2.25. The molecule has 6 heteroatoms. The zero-order valence-corrected chi connectivity index (χ0v) is 11.6. The number of halogens is 2. The van der Waals surface area contributed by atoms with E-state index in [4.69, 9.17) is 5.11 Å². The molecule has 0 aliphatic rings. The first-order valence-corrected chi connectivity index (χ1v) is 6.27. The van der Waals surface area contributed by atoms with Gasteiger partial charge in [-0.1, -0.05) is 15.9 Å². The van der Waals surface area contributed by atoms with Gasteiger partial charge in [0.25, 0.3) is 0 Å². The average molecular weight is 325 g/mol. The molecule has 0 aliphatic heterocycles. The molecule has 1 heterocycles. The zero-order valence-electron chi connectivity index (χ0n) is 10.0. The Labute approximate surface area is 117 Å². The number of aliphatic carboxylic acids is 1. The second kappa shape index (κ2) is 5.44. The van der Waals surface area contributed by atoms with Crippen LogP contribution in [0.5, 0.6) is 0 Å². The number of aromatic nitrogens is 2. The summed E-state index contributed by atoms with van der Waals surface area (Å²) < 4.78 is 14.5. The van der Waals surface area contributed by atoms with E-state index >= 15 is 0 Å². The Morgan fingerprint density at radius 1 is 1.37 bits per heavy atom. The summed E-state index contributed by atoms with van der Waals surface area (Å²) in [7, 11) is 0. The molecule has 1 N–H and O–H groups in total. The fraction of sp³-hybridized carbons (Fsp3) is 0.154. The van der Waals surface area contributed by atoms with Crippen molar-refractivity contribution < 1.29 is 14.3 Å². The third kappa shape index (κ3) is 3.35. The van der Waals surface area contributed by atoms with Gasteiger partial charge in [0, 0.05) is 15.7 Å². The molecule has 0 aliphatic carbocycles. The van der Waals surface area contributed by atoms with Crippen LogP contribution in [0, 0.1) is 12.7 Å². The highest BCUT2D eigenvalue weighted by molar-refractivity contribution is 9.10. The summed E-state index contributed by atoms with van der Waals surface area (Å²) in [5, 5.41) is 8.76. The summed E-state index contributed by atoms with van der Waals surface area (Å²) in [5.74, 6) is -1.27. The first-order chi connectivity index (χ1) is 8.95. The minimum Gasteiger partial charge on any atom is -0.481 e. The van der Waals surface area contributed by atoms with Gasteiger partial charge in [-0.2, -0.15) is 0 Å². The molecule has 1 aromatic heterocycles. The van der Waals surface area contributed by atoms with Gasteiger partial charge in [-0.25, -0.2) is 14.4 Å². The largest absolute Gasteiger partial charge is 0.481 e. The van der Waals surface area contributed by atoms with Crippen LogP contribution >= 0.6 is 15.9 Å². The first kappa shape index (κ1) is 13.6. The number of hydrogen-bond donors (Lipinski definition) is 1. The van der Waals surface area contributed by atoms with Crippen molar-refractivity contribution in [3.8, 4) is 11.3 Å². The predicted octanol–water partition coefficient (Wildman–Crippen LogP) is 2.98. The molecule has 1 aromatic carbocycles. The van der Waals surface area contributed by atoms with Gasteiger partial charge in [0.15, 0.2) is 0 Å². The third-order valence-electron chi connectivity index (χ3n) is 2.41. The van der Waals surface area contributed by atoms with Crippen LogP contribution in [0.15, 0.2) is 28.7 Å². The number of benzene rings is 1. The van der Waals surface area contributed by atoms with Gasteiger partial charge >= 0.3 is 5.97 Å². The quantitative estimate of drug-likeness (QED) is 0.942. The molecule has 0 atom stereocenters. The van der Waals surface area contributed by atoms with E-state index in [0.717, 1.165) is 4.47 Å². The fourth-order valence-electron chi connectivity index (χ4n) is 1.68.